The van der Waals surface area contributed by atoms with Crippen molar-refractivity contribution < 1.29 is 4.79 Å². The molecule has 5 nitrogen and oxygen atoms in total. The van der Waals surface area contributed by atoms with Crippen LogP contribution in [0.2, 0.25) is 0 Å². The molecule has 24 heavy (non-hydrogen) atoms. The number of fused-ring (bicyclic) bond motifs is 1. The fourth-order valence-electron chi connectivity index (χ4n) is 2.53. The molecule has 4 N–H and O–H groups in total. The zero-order chi connectivity index (χ0) is 17.5. The van der Waals surface area contributed by atoms with Crippen LogP contribution in [0.3, 0.4) is 0 Å². The Kier molecular flexibility index (Phi) is 6.55. The highest BCUT2D eigenvalue weighted by molar-refractivity contribution is 6.02. The quantitative estimate of drug-likeness (QED) is 0.511. The van der Waals surface area contributed by atoms with Gasteiger partial charge in [-0.2, -0.15) is 0 Å². The second-order valence-corrected chi connectivity index (χ2v) is 6.20. The van der Waals surface area contributed by atoms with Crippen molar-refractivity contribution in [1.29, 1.82) is 0 Å². The van der Waals surface area contributed by atoms with E-state index in [1.54, 1.807) is 0 Å². The number of hydrogen-bond donors (Lipinski definition) is 3. The lowest BCUT2D eigenvalue weighted by Crippen LogP contribution is -2.41. The second kappa shape index (κ2) is 8.64. The molecule has 5 heteroatoms. The summed E-state index contributed by atoms with van der Waals surface area (Å²) in [6, 6.07) is 7.96. The normalized spacial score (nSPS) is 12.2. The molecule has 0 radical (unpaired) electrons. The maximum atomic E-state index is 12.6. The second-order valence-electron chi connectivity index (χ2n) is 6.20. The number of carbonyl (C=O) groups excluding carboxylic acids is 1. The van der Waals surface area contributed by atoms with Gasteiger partial charge in [0, 0.05) is 11.9 Å². The Balaban J connectivity index is 2.33. The standard InChI is InChI=1S/C19H28N4O/c1-4-6-7-10-21-18-15(19(24)23-17(20)5-2)12-14-11-13(3)8-9-16(14)22-18/h8-9,11-12,17H,4-7,10,20H2,1-3H3,(H,21,22)(H,23,24). The summed E-state index contributed by atoms with van der Waals surface area (Å²) in [4.78, 5) is 17.2. The number of pyridine rings is 1. The van der Waals surface area contributed by atoms with Gasteiger partial charge in [0.25, 0.3) is 5.91 Å². The number of aryl methyl sites for hydroxylation is 1. The number of nitrogens with zero attached hydrogens (tertiary/aromatic N) is 1. The molecule has 1 amide bonds. The van der Waals surface area contributed by atoms with E-state index in [4.69, 9.17) is 5.73 Å². The number of nitrogens with one attached hydrogen (secondary N) is 2. The SMILES string of the molecule is CCCCCNc1nc2ccc(C)cc2cc1C(=O)NC(N)CC. The van der Waals surface area contributed by atoms with Gasteiger partial charge < -0.3 is 16.4 Å². The Morgan fingerprint density at radius 1 is 1.25 bits per heavy atom. The molecule has 0 spiro atoms. The first-order valence-electron chi connectivity index (χ1n) is 8.76. The molecule has 0 bridgehead atoms. The van der Waals surface area contributed by atoms with Crippen molar-refractivity contribution in [2.75, 3.05) is 11.9 Å². The Bertz CT molecular complexity index is 699. The van der Waals surface area contributed by atoms with E-state index in [0.717, 1.165) is 42.3 Å². The van der Waals surface area contributed by atoms with Crippen LogP contribution in [0.5, 0.6) is 0 Å². The Morgan fingerprint density at radius 2 is 2.04 bits per heavy atom. The van der Waals surface area contributed by atoms with E-state index in [0.29, 0.717) is 17.8 Å². The van der Waals surface area contributed by atoms with E-state index in [1.807, 2.05) is 38.1 Å². The molecule has 2 aromatic rings. The molecule has 2 rings (SSSR count). The molecular formula is C19H28N4O. The summed E-state index contributed by atoms with van der Waals surface area (Å²) < 4.78 is 0. The van der Waals surface area contributed by atoms with Crippen molar-refractivity contribution in [1.82, 2.24) is 10.3 Å². The molecule has 1 atom stereocenters. The summed E-state index contributed by atoms with van der Waals surface area (Å²) in [5, 5.41) is 7.10. The average molecular weight is 328 g/mol. The van der Waals surface area contributed by atoms with Gasteiger partial charge in [-0.1, -0.05) is 38.3 Å². The molecule has 0 aliphatic rings. The smallest absolute Gasteiger partial charge is 0.256 e. The van der Waals surface area contributed by atoms with Gasteiger partial charge in [0.15, 0.2) is 0 Å². The van der Waals surface area contributed by atoms with Gasteiger partial charge in [-0.3, -0.25) is 4.79 Å². The first kappa shape index (κ1) is 18.2. The predicted octanol–water partition coefficient (Wildman–Crippen LogP) is 3.57. The van der Waals surface area contributed by atoms with Crippen LogP contribution in [0.4, 0.5) is 5.82 Å². The molecule has 0 aliphatic carbocycles. The maximum Gasteiger partial charge on any atom is 0.256 e. The Hall–Kier alpha value is -2.14. The summed E-state index contributed by atoms with van der Waals surface area (Å²) in [5.74, 6) is 0.446. The lowest BCUT2D eigenvalue weighted by atomic mass is 10.1. The van der Waals surface area contributed by atoms with Crippen molar-refractivity contribution in [3.05, 3.63) is 35.4 Å². The van der Waals surface area contributed by atoms with Crippen molar-refractivity contribution in [2.24, 2.45) is 5.73 Å². The first-order chi connectivity index (χ1) is 11.5. The zero-order valence-corrected chi connectivity index (χ0v) is 14.9. The van der Waals surface area contributed by atoms with E-state index >= 15 is 0 Å². The predicted molar refractivity (Wildman–Crippen MR) is 100 cm³/mol. The van der Waals surface area contributed by atoms with E-state index < -0.39 is 0 Å². The summed E-state index contributed by atoms with van der Waals surface area (Å²) in [6.45, 7) is 6.94. The van der Waals surface area contributed by atoms with Crippen molar-refractivity contribution >= 4 is 22.6 Å². The number of aromatic nitrogens is 1. The number of nitrogens with two attached hydrogens (primary N) is 1. The fraction of sp³-hybridized carbons (Fsp3) is 0.474. The molecule has 0 aliphatic heterocycles. The molecule has 0 fully saturated rings. The highest BCUT2D eigenvalue weighted by Crippen LogP contribution is 2.22. The third-order valence-corrected chi connectivity index (χ3v) is 4.04. The van der Waals surface area contributed by atoms with Crippen LogP contribution in [-0.2, 0) is 0 Å². The Morgan fingerprint density at radius 3 is 2.75 bits per heavy atom. The summed E-state index contributed by atoms with van der Waals surface area (Å²) in [6.07, 6.45) is 3.70. The van der Waals surface area contributed by atoms with Crippen LogP contribution in [0.25, 0.3) is 10.9 Å². The van der Waals surface area contributed by atoms with Gasteiger partial charge in [0.1, 0.15) is 5.82 Å². The summed E-state index contributed by atoms with van der Waals surface area (Å²) >= 11 is 0. The molecule has 1 unspecified atom stereocenters. The largest absolute Gasteiger partial charge is 0.369 e. The average Bonchev–Trinajstić information content (AvgIpc) is 2.57. The van der Waals surface area contributed by atoms with E-state index in [-0.39, 0.29) is 12.1 Å². The van der Waals surface area contributed by atoms with Crippen molar-refractivity contribution in [3.63, 3.8) is 0 Å². The van der Waals surface area contributed by atoms with Crippen LogP contribution >= 0.6 is 0 Å². The molecule has 1 heterocycles. The number of benzene rings is 1. The summed E-state index contributed by atoms with van der Waals surface area (Å²) in [7, 11) is 0. The lowest BCUT2D eigenvalue weighted by Gasteiger charge is -2.15. The number of hydrogen-bond acceptors (Lipinski definition) is 4. The van der Waals surface area contributed by atoms with Crippen LogP contribution in [-0.4, -0.2) is 23.6 Å². The van der Waals surface area contributed by atoms with Crippen LogP contribution in [0.15, 0.2) is 24.3 Å². The van der Waals surface area contributed by atoms with Crippen LogP contribution < -0.4 is 16.4 Å². The van der Waals surface area contributed by atoms with Gasteiger partial charge in [-0.15, -0.1) is 0 Å². The number of rotatable bonds is 8. The highest BCUT2D eigenvalue weighted by atomic mass is 16.1. The molecule has 1 aromatic carbocycles. The van der Waals surface area contributed by atoms with Crippen molar-refractivity contribution in [2.45, 2.75) is 52.6 Å². The van der Waals surface area contributed by atoms with Gasteiger partial charge in [-0.25, -0.2) is 4.98 Å². The minimum Gasteiger partial charge on any atom is -0.369 e. The topological polar surface area (TPSA) is 80.0 Å². The molecular weight excluding hydrogens is 300 g/mol. The molecule has 130 valence electrons. The van der Waals surface area contributed by atoms with Gasteiger partial charge >= 0.3 is 0 Å². The van der Waals surface area contributed by atoms with E-state index in [2.05, 4.69) is 22.5 Å². The first-order valence-corrected chi connectivity index (χ1v) is 8.76. The minimum atomic E-state index is -0.348. The number of unbranched alkanes of at least 4 members (excludes halogenated alkanes) is 2. The highest BCUT2D eigenvalue weighted by Gasteiger charge is 2.16. The van der Waals surface area contributed by atoms with E-state index in [9.17, 15) is 4.79 Å². The van der Waals surface area contributed by atoms with Crippen LogP contribution in [0, 0.1) is 6.92 Å². The van der Waals surface area contributed by atoms with E-state index in [1.165, 1.54) is 0 Å². The van der Waals surface area contributed by atoms with Gasteiger partial charge in [0.05, 0.1) is 17.2 Å². The fourth-order valence-corrected chi connectivity index (χ4v) is 2.53. The van der Waals surface area contributed by atoms with Gasteiger partial charge in [-0.05, 0) is 38.0 Å². The number of anilines is 1. The molecule has 1 aromatic heterocycles. The summed E-state index contributed by atoms with van der Waals surface area (Å²) in [5.41, 5.74) is 8.44. The molecule has 0 saturated heterocycles. The number of amides is 1. The zero-order valence-electron chi connectivity index (χ0n) is 14.9. The third kappa shape index (κ3) is 4.68. The van der Waals surface area contributed by atoms with Crippen LogP contribution in [0.1, 0.15) is 55.5 Å². The van der Waals surface area contributed by atoms with Crippen molar-refractivity contribution in [3.8, 4) is 0 Å². The van der Waals surface area contributed by atoms with Gasteiger partial charge in [0.2, 0.25) is 0 Å². The lowest BCUT2D eigenvalue weighted by molar-refractivity contribution is 0.0938. The maximum absolute atomic E-state index is 12.6. The molecule has 0 saturated carbocycles. The third-order valence-electron chi connectivity index (χ3n) is 4.04. The number of carbonyl (C=O) groups is 1. The monoisotopic (exact) mass is 328 g/mol. The minimum absolute atomic E-state index is 0.182. The Labute approximate surface area is 144 Å².